The van der Waals surface area contributed by atoms with Gasteiger partial charge in [0.1, 0.15) is 5.54 Å². The molecule has 0 amide bonds. The lowest BCUT2D eigenvalue weighted by molar-refractivity contribution is -0.142. The van der Waals surface area contributed by atoms with Gasteiger partial charge in [0.05, 0.1) is 0 Å². The Labute approximate surface area is 54.0 Å². The maximum Gasteiger partial charge on any atom is 0.323 e. The topological polar surface area (TPSA) is 94.8 Å². The Hall–Kier alpha value is -0.610. The van der Waals surface area contributed by atoms with Gasteiger partial charge in [-0.15, -0.1) is 0 Å². The monoisotopic (exact) mass is 135 g/mol. The first-order valence-electron chi connectivity index (χ1n) is 2.53. The van der Waals surface area contributed by atoms with Crippen molar-refractivity contribution < 1.29 is 15.4 Å². The minimum absolute atomic E-state index is 0. The maximum absolute atomic E-state index is 10.1. The molecule has 9 heavy (non-hydrogen) atoms. The van der Waals surface area contributed by atoms with E-state index in [1.54, 1.807) is 6.92 Å². The lowest BCUT2D eigenvalue weighted by Crippen LogP contribution is -2.43. The van der Waals surface area contributed by atoms with Crippen molar-refractivity contribution in [2.45, 2.75) is 25.8 Å². The molecule has 0 aliphatic rings. The molecule has 0 unspecified atom stereocenters. The number of carbonyl (C=O) groups is 1. The van der Waals surface area contributed by atoms with E-state index < -0.39 is 11.5 Å². The van der Waals surface area contributed by atoms with Crippen molar-refractivity contribution in [3.8, 4) is 0 Å². The molecule has 0 spiro atoms. The zero-order chi connectivity index (χ0) is 6.78. The van der Waals surface area contributed by atoms with Crippen LogP contribution in [0.25, 0.3) is 0 Å². The number of rotatable bonds is 2. The predicted molar refractivity (Wildman–Crippen MR) is 34.1 cm³/mol. The highest BCUT2D eigenvalue weighted by Crippen LogP contribution is 2.02. The van der Waals surface area contributed by atoms with E-state index in [4.69, 9.17) is 10.8 Å². The Morgan fingerprint density at radius 1 is 1.78 bits per heavy atom. The molecule has 0 rings (SSSR count). The highest BCUT2D eigenvalue weighted by atomic mass is 16.4. The first-order chi connectivity index (χ1) is 3.50. The van der Waals surface area contributed by atoms with Crippen LogP contribution in [0.4, 0.5) is 0 Å². The molecule has 0 aromatic rings. The van der Waals surface area contributed by atoms with Crippen molar-refractivity contribution in [3.63, 3.8) is 0 Å². The summed E-state index contributed by atoms with van der Waals surface area (Å²) >= 11 is 0. The van der Waals surface area contributed by atoms with Crippen molar-refractivity contribution in [2.24, 2.45) is 5.73 Å². The molecule has 0 aromatic heterocycles. The minimum Gasteiger partial charge on any atom is -0.480 e. The Kier molecular flexibility index (Phi) is 4.27. The number of carboxylic acid groups (broad SMARTS) is 1. The lowest BCUT2D eigenvalue weighted by atomic mass is 10.0. The van der Waals surface area contributed by atoms with Crippen LogP contribution < -0.4 is 5.73 Å². The van der Waals surface area contributed by atoms with Crippen molar-refractivity contribution in [1.29, 1.82) is 0 Å². The summed E-state index contributed by atoms with van der Waals surface area (Å²) in [6.45, 7) is 3.24. The summed E-state index contributed by atoms with van der Waals surface area (Å²) in [5.74, 6) is -0.944. The summed E-state index contributed by atoms with van der Waals surface area (Å²) in [4.78, 5) is 10.1. The Morgan fingerprint density at radius 2 is 2.11 bits per heavy atom. The van der Waals surface area contributed by atoms with Gasteiger partial charge in [-0.05, 0) is 13.3 Å². The average Bonchev–Trinajstić information content (AvgIpc) is 1.67. The molecule has 4 nitrogen and oxygen atoms in total. The van der Waals surface area contributed by atoms with E-state index in [2.05, 4.69) is 0 Å². The van der Waals surface area contributed by atoms with Gasteiger partial charge in [-0.2, -0.15) is 0 Å². The summed E-state index contributed by atoms with van der Waals surface area (Å²) in [6.07, 6.45) is 0.461. The maximum atomic E-state index is 10.1. The molecule has 0 aromatic carbocycles. The summed E-state index contributed by atoms with van der Waals surface area (Å²) in [6, 6.07) is 0. The molecule has 0 aliphatic carbocycles. The van der Waals surface area contributed by atoms with Crippen molar-refractivity contribution >= 4 is 5.97 Å². The number of nitrogens with two attached hydrogens (primary N) is 1. The second-order valence-electron chi connectivity index (χ2n) is 2.08. The van der Waals surface area contributed by atoms with Crippen LogP contribution in [0.2, 0.25) is 0 Å². The third-order valence-electron chi connectivity index (χ3n) is 1.22. The molecule has 0 heterocycles. The fraction of sp³-hybridized carbons (Fsp3) is 0.800. The molecule has 5 N–H and O–H groups in total. The standard InChI is InChI=1S/C5H11NO2.H2O/c1-3-5(2,6)4(7)8;/h3,6H2,1-2H3,(H,7,8);1H2/t5-;/m0./s1. The van der Waals surface area contributed by atoms with Gasteiger partial charge in [-0.1, -0.05) is 6.92 Å². The SMILES string of the molecule is CC[C@](C)(N)C(=O)O.O. The lowest BCUT2D eigenvalue weighted by Gasteiger charge is -2.14. The van der Waals surface area contributed by atoms with Gasteiger partial charge < -0.3 is 16.3 Å². The zero-order valence-electron chi connectivity index (χ0n) is 5.64. The quantitative estimate of drug-likeness (QED) is 0.528. The van der Waals surface area contributed by atoms with Crippen LogP contribution in [0, 0.1) is 0 Å². The summed E-state index contributed by atoms with van der Waals surface area (Å²) in [5, 5.41) is 8.32. The van der Waals surface area contributed by atoms with Crippen LogP contribution in [-0.2, 0) is 4.79 Å². The van der Waals surface area contributed by atoms with Gasteiger partial charge in [0, 0.05) is 0 Å². The van der Waals surface area contributed by atoms with Gasteiger partial charge >= 0.3 is 5.97 Å². The second-order valence-corrected chi connectivity index (χ2v) is 2.08. The normalized spacial score (nSPS) is 15.4. The largest absolute Gasteiger partial charge is 0.480 e. The van der Waals surface area contributed by atoms with Crippen LogP contribution >= 0.6 is 0 Å². The van der Waals surface area contributed by atoms with Crippen LogP contribution in [0.3, 0.4) is 0 Å². The van der Waals surface area contributed by atoms with Gasteiger partial charge in [0.25, 0.3) is 0 Å². The van der Waals surface area contributed by atoms with E-state index in [-0.39, 0.29) is 5.48 Å². The number of carboxylic acids is 1. The third kappa shape index (κ3) is 3.05. The van der Waals surface area contributed by atoms with E-state index in [0.29, 0.717) is 6.42 Å². The first kappa shape index (κ1) is 11.2. The molecule has 0 saturated carbocycles. The van der Waals surface area contributed by atoms with Gasteiger partial charge in [-0.3, -0.25) is 4.79 Å². The van der Waals surface area contributed by atoms with Crippen molar-refractivity contribution in [1.82, 2.24) is 0 Å². The van der Waals surface area contributed by atoms with E-state index in [1.807, 2.05) is 0 Å². The summed E-state index contributed by atoms with van der Waals surface area (Å²) in [7, 11) is 0. The van der Waals surface area contributed by atoms with Crippen molar-refractivity contribution in [3.05, 3.63) is 0 Å². The van der Waals surface area contributed by atoms with Crippen LogP contribution in [0.15, 0.2) is 0 Å². The zero-order valence-corrected chi connectivity index (χ0v) is 5.64. The molecule has 0 radical (unpaired) electrons. The highest BCUT2D eigenvalue weighted by Gasteiger charge is 2.24. The van der Waals surface area contributed by atoms with Crippen LogP contribution in [0.1, 0.15) is 20.3 Å². The molecular formula is C5H13NO3. The highest BCUT2D eigenvalue weighted by molar-refractivity contribution is 5.77. The second kappa shape index (κ2) is 3.42. The minimum atomic E-state index is -1.04. The van der Waals surface area contributed by atoms with E-state index in [1.165, 1.54) is 6.92 Å². The summed E-state index contributed by atoms with van der Waals surface area (Å²) < 4.78 is 0. The predicted octanol–water partition coefficient (Wildman–Crippen LogP) is -0.626. The number of aliphatic carboxylic acids is 1. The number of hydrogen-bond donors (Lipinski definition) is 2. The molecule has 4 heteroatoms. The molecule has 0 aliphatic heterocycles. The molecule has 0 bridgehead atoms. The average molecular weight is 135 g/mol. The third-order valence-corrected chi connectivity index (χ3v) is 1.22. The summed E-state index contributed by atoms with van der Waals surface area (Å²) in [5.41, 5.74) is 4.22. The smallest absolute Gasteiger partial charge is 0.323 e. The fourth-order valence-electron chi connectivity index (χ4n) is 0.151. The van der Waals surface area contributed by atoms with Gasteiger partial charge in [0.15, 0.2) is 0 Å². The van der Waals surface area contributed by atoms with E-state index in [9.17, 15) is 4.79 Å². The molecule has 0 saturated heterocycles. The van der Waals surface area contributed by atoms with Crippen LogP contribution in [-0.4, -0.2) is 22.1 Å². The van der Waals surface area contributed by atoms with Gasteiger partial charge in [-0.25, -0.2) is 0 Å². The van der Waals surface area contributed by atoms with Gasteiger partial charge in [0.2, 0.25) is 0 Å². The van der Waals surface area contributed by atoms with E-state index >= 15 is 0 Å². The molecule has 0 fully saturated rings. The Morgan fingerprint density at radius 3 is 2.11 bits per heavy atom. The Balaban J connectivity index is 0. The Bertz CT molecular complexity index is 100. The van der Waals surface area contributed by atoms with Crippen molar-refractivity contribution in [2.75, 3.05) is 0 Å². The number of hydrogen-bond acceptors (Lipinski definition) is 2. The molecule has 56 valence electrons. The molecule has 1 atom stereocenters. The molecular weight excluding hydrogens is 122 g/mol. The van der Waals surface area contributed by atoms with Crippen LogP contribution in [0.5, 0.6) is 0 Å². The fourth-order valence-corrected chi connectivity index (χ4v) is 0.151. The first-order valence-corrected chi connectivity index (χ1v) is 2.53. The van der Waals surface area contributed by atoms with E-state index in [0.717, 1.165) is 0 Å².